The van der Waals surface area contributed by atoms with Crippen molar-refractivity contribution in [3.05, 3.63) is 18.0 Å². The third-order valence-electron chi connectivity index (χ3n) is 10.2. The van der Waals surface area contributed by atoms with Gasteiger partial charge in [0.25, 0.3) is 0 Å². The lowest BCUT2D eigenvalue weighted by atomic mass is 9.48. The minimum atomic E-state index is -0.414. The van der Waals surface area contributed by atoms with Crippen LogP contribution in [0.3, 0.4) is 0 Å². The van der Waals surface area contributed by atoms with E-state index in [4.69, 9.17) is 5.26 Å². The van der Waals surface area contributed by atoms with Gasteiger partial charge in [-0.2, -0.15) is 10.4 Å². The van der Waals surface area contributed by atoms with Gasteiger partial charge < -0.3 is 5.11 Å². The summed E-state index contributed by atoms with van der Waals surface area (Å²) >= 11 is 0. The van der Waals surface area contributed by atoms with E-state index >= 15 is 0 Å². The molecule has 0 spiro atoms. The summed E-state index contributed by atoms with van der Waals surface area (Å²) in [4.78, 5) is 0. The SMILES string of the molecule is C[C@H](Cn1cc(C#N)cn1)C1CC[C@H]2[C@@H]3CC[C@@H]4C[C@](C)(O)CC[C@@H]4[C@H]3CC[C@]12C. The van der Waals surface area contributed by atoms with Crippen LogP contribution >= 0.6 is 0 Å². The lowest BCUT2D eigenvalue weighted by molar-refractivity contribution is -0.103. The van der Waals surface area contributed by atoms with Gasteiger partial charge in [0.2, 0.25) is 0 Å². The van der Waals surface area contributed by atoms with Crippen molar-refractivity contribution in [3.8, 4) is 6.07 Å². The number of fused-ring (bicyclic) bond motifs is 5. The van der Waals surface area contributed by atoms with Gasteiger partial charge in [0.05, 0.1) is 17.4 Å². The van der Waals surface area contributed by atoms with Gasteiger partial charge in [-0.1, -0.05) is 13.8 Å². The lowest BCUT2D eigenvalue weighted by Gasteiger charge is -2.57. The van der Waals surface area contributed by atoms with Crippen LogP contribution in [0.4, 0.5) is 0 Å². The van der Waals surface area contributed by atoms with E-state index in [0.717, 1.165) is 54.9 Å². The first-order valence-corrected chi connectivity index (χ1v) is 12.5. The van der Waals surface area contributed by atoms with Crippen LogP contribution in [0.25, 0.3) is 0 Å². The number of nitriles is 1. The molecule has 30 heavy (non-hydrogen) atoms. The predicted molar refractivity (Wildman–Crippen MR) is 117 cm³/mol. The van der Waals surface area contributed by atoms with Crippen molar-refractivity contribution in [2.45, 2.75) is 90.7 Å². The van der Waals surface area contributed by atoms with E-state index in [1.54, 1.807) is 6.20 Å². The monoisotopic (exact) mass is 409 g/mol. The van der Waals surface area contributed by atoms with E-state index in [2.05, 4.69) is 31.9 Å². The smallest absolute Gasteiger partial charge is 0.102 e. The number of nitrogens with zero attached hydrogens (tertiary/aromatic N) is 3. The second kappa shape index (κ2) is 7.37. The van der Waals surface area contributed by atoms with Gasteiger partial charge in [-0.05, 0) is 112 Å². The largest absolute Gasteiger partial charge is 0.390 e. The maximum atomic E-state index is 10.6. The third kappa shape index (κ3) is 3.32. The Morgan fingerprint density at radius 2 is 1.93 bits per heavy atom. The summed E-state index contributed by atoms with van der Waals surface area (Å²) in [5.41, 5.74) is 0.725. The predicted octanol–water partition coefficient (Wildman–Crippen LogP) is 5.41. The molecule has 4 saturated carbocycles. The molecule has 4 aliphatic carbocycles. The van der Waals surface area contributed by atoms with Crippen molar-refractivity contribution in [3.63, 3.8) is 0 Å². The minimum absolute atomic E-state index is 0.414. The Morgan fingerprint density at radius 1 is 1.13 bits per heavy atom. The van der Waals surface area contributed by atoms with Gasteiger partial charge in [-0.25, -0.2) is 0 Å². The van der Waals surface area contributed by atoms with Crippen LogP contribution in [0.15, 0.2) is 12.4 Å². The van der Waals surface area contributed by atoms with Crippen LogP contribution in [-0.2, 0) is 6.54 Å². The Labute approximate surface area is 182 Å². The molecule has 0 aliphatic heterocycles. The molecule has 164 valence electrons. The van der Waals surface area contributed by atoms with Crippen molar-refractivity contribution in [2.24, 2.45) is 46.8 Å². The fourth-order valence-electron chi connectivity index (χ4n) is 9.00. The summed E-state index contributed by atoms with van der Waals surface area (Å²) in [7, 11) is 0. The first-order chi connectivity index (χ1) is 14.3. The third-order valence-corrected chi connectivity index (χ3v) is 10.2. The molecule has 0 amide bonds. The summed E-state index contributed by atoms with van der Waals surface area (Å²) in [6.45, 7) is 8.03. The number of hydrogen-bond acceptors (Lipinski definition) is 3. The van der Waals surface area contributed by atoms with Crippen LogP contribution in [0.5, 0.6) is 0 Å². The first-order valence-electron chi connectivity index (χ1n) is 12.5. The normalized spacial score (nSPS) is 46.4. The molecule has 5 rings (SSSR count). The molecule has 0 radical (unpaired) electrons. The van der Waals surface area contributed by atoms with Gasteiger partial charge in [0.1, 0.15) is 6.07 Å². The molecule has 1 aromatic rings. The number of rotatable bonds is 3. The zero-order chi connectivity index (χ0) is 21.1. The summed E-state index contributed by atoms with van der Waals surface area (Å²) in [6.07, 6.45) is 15.2. The standard InChI is InChI=1S/C26H39N3O/c1-17(15-29-16-18(13-27)14-28-29)23-6-7-24-22-5-4-19-12-25(2,30)10-8-20(19)21(22)9-11-26(23,24)3/h14,16-17,19-24,30H,4-12,15H2,1-3H3/t17-,19-,20+,21-,22-,23?,24+,25-,26-/m1/s1. The van der Waals surface area contributed by atoms with Crippen LogP contribution in [0, 0.1) is 58.2 Å². The van der Waals surface area contributed by atoms with E-state index < -0.39 is 5.60 Å². The fourth-order valence-corrected chi connectivity index (χ4v) is 9.00. The van der Waals surface area contributed by atoms with Crippen LogP contribution in [0.2, 0.25) is 0 Å². The Bertz CT molecular complexity index is 822. The van der Waals surface area contributed by atoms with Gasteiger partial charge >= 0.3 is 0 Å². The highest BCUT2D eigenvalue weighted by atomic mass is 16.3. The highest BCUT2D eigenvalue weighted by molar-refractivity contribution is 5.21. The molecule has 0 aromatic carbocycles. The Balaban J connectivity index is 1.30. The minimum Gasteiger partial charge on any atom is -0.390 e. The van der Waals surface area contributed by atoms with Gasteiger partial charge in [0, 0.05) is 12.7 Å². The number of aromatic nitrogens is 2. The second-order valence-electron chi connectivity index (χ2n) is 11.9. The highest BCUT2D eigenvalue weighted by Crippen LogP contribution is 2.65. The molecular weight excluding hydrogens is 370 g/mol. The summed E-state index contributed by atoms with van der Waals surface area (Å²) in [5.74, 6) is 5.73. The van der Waals surface area contributed by atoms with Crippen molar-refractivity contribution >= 4 is 0 Å². The number of aliphatic hydroxyl groups is 1. The molecule has 9 atom stereocenters. The average molecular weight is 410 g/mol. The Hall–Kier alpha value is -1.34. The molecule has 4 aliphatic rings. The summed E-state index contributed by atoms with van der Waals surface area (Å²) < 4.78 is 1.99. The fraction of sp³-hybridized carbons (Fsp3) is 0.846. The molecule has 4 heteroatoms. The second-order valence-corrected chi connectivity index (χ2v) is 11.9. The molecule has 4 nitrogen and oxygen atoms in total. The molecule has 1 heterocycles. The van der Waals surface area contributed by atoms with Crippen molar-refractivity contribution < 1.29 is 5.11 Å². The molecule has 1 unspecified atom stereocenters. The lowest BCUT2D eigenvalue weighted by Crippen LogP contribution is -2.51. The number of hydrogen-bond donors (Lipinski definition) is 1. The maximum absolute atomic E-state index is 10.6. The van der Waals surface area contributed by atoms with E-state index in [9.17, 15) is 5.11 Å². The van der Waals surface area contributed by atoms with Crippen molar-refractivity contribution in [1.82, 2.24) is 9.78 Å². The first kappa shape index (κ1) is 20.6. The molecule has 1 aromatic heterocycles. The molecule has 1 N–H and O–H groups in total. The average Bonchev–Trinajstić information content (AvgIpc) is 3.30. The zero-order valence-corrected chi connectivity index (χ0v) is 19.1. The molecule has 0 saturated heterocycles. The highest BCUT2D eigenvalue weighted by Gasteiger charge is 2.58. The van der Waals surface area contributed by atoms with Crippen LogP contribution < -0.4 is 0 Å². The molecule has 4 fully saturated rings. The Kier molecular flexibility index (Phi) is 5.05. The maximum Gasteiger partial charge on any atom is 0.102 e. The molecular formula is C26H39N3O. The van der Waals surface area contributed by atoms with E-state index in [1.807, 2.05) is 10.9 Å². The van der Waals surface area contributed by atoms with E-state index in [1.165, 1.54) is 44.9 Å². The van der Waals surface area contributed by atoms with Crippen molar-refractivity contribution in [2.75, 3.05) is 0 Å². The molecule has 0 bridgehead atoms. The quantitative estimate of drug-likeness (QED) is 0.726. The van der Waals surface area contributed by atoms with E-state index in [0.29, 0.717) is 16.9 Å². The Morgan fingerprint density at radius 3 is 2.70 bits per heavy atom. The van der Waals surface area contributed by atoms with Gasteiger partial charge in [-0.15, -0.1) is 0 Å². The van der Waals surface area contributed by atoms with Gasteiger partial charge in [-0.3, -0.25) is 4.68 Å². The van der Waals surface area contributed by atoms with Crippen LogP contribution in [0.1, 0.15) is 84.1 Å². The topological polar surface area (TPSA) is 61.8 Å². The zero-order valence-electron chi connectivity index (χ0n) is 19.1. The van der Waals surface area contributed by atoms with Crippen molar-refractivity contribution in [1.29, 1.82) is 5.26 Å². The van der Waals surface area contributed by atoms with Crippen LogP contribution in [-0.4, -0.2) is 20.5 Å². The summed E-state index contributed by atoms with van der Waals surface area (Å²) in [6, 6.07) is 2.20. The van der Waals surface area contributed by atoms with E-state index in [-0.39, 0.29) is 0 Å². The van der Waals surface area contributed by atoms with Gasteiger partial charge in [0.15, 0.2) is 0 Å². The summed E-state index contributed by atoms with van der Waals surface area (Å²) in [5, 5.41) is 24.1.